The van der Waals surface area contributed by atoms with E-state index in [-0.39, 0.29) is 12.0 Å². The zero-order valence-electron chi connectivity index (χ0n) is 7.97. The SMILES string of the molecule is Cc1ccc(C(=O)N2CC(O)C2)cn1. The van der Waals surface area contributed by atoms with Gasteiger partial charge in [-0.05, 0) is 19.1 Å². The lowest BCUT2D eigenvalue weighted by molar-refractivity contribution is 0.00586. The van der Waals surface area contributed by atoms with Gasteiger partial charge in [-0.3, -0.25) is 9.78 Å². The van der Waals surface area contributed by atoms with Crippen LogP contribution in [0.1, 0.15) is 16.1 Å². The van der Waals surface area contributed by atoms with Gasteiger partial charge in [-0.15, -0.1) is 0 Å². The zero-order valence-corrected chi connectivity index (χ0v) is 7.97. The Kier molecular flexibility index (Phi) is 2.21. The van der Waals surface area contributed by atoms with E-state index in [9.17, 15) is 4.79 Å². The Morgan fingerprint density at radius 3 is 2.79 bits per heavy atom. The Hall–Kier alpha value is -1.42. The fourth-order valence-corrected chi connectivity index (χ4v) is 1.40. The Bertz CT molecular complexity index is 342. The van der Waals surface area contributed by atoms with Gasteiger partial charge >= 0.3 is 0 Å². The van der Waals surface area contributed by atoms with Gasteiger partial charge in [-0.1, -0.05) is 0 Å². The van der Waals surface area contributed by atoms with Crippen LogP contribution in [0, 0.1) is 6.92 Å². The van der Waals surface area contributed by atoms with Crippen LogP contribution in [0.2, 0.25) is 0 Å². The first-order chi connectivity index (χ1) is 6.66. The number of aryl methyl sites for hydroxylation is 1. The van der Waals surface area contributed by atoms with E-state index in [1.807, 2.05) is 13.0 Å². The molecule has 0 saturated carbocycles. The maximum absolute atomic E-state index is 11.7. The van der Waals surface area contributed by atoms with Gasteiger partial charge in [0, 0.05) is 25.0 Å². The molecule has 1 amide bonds. The number of hydrogen-bond donors (Lipinski definition) is 1. The summed E-state index contributed by atoms with van der Waals surface area (Å²) in [5, 5.41) is 9.05. The lowest BCUT2D eigenvalue weighted by atomic mass is 10.1. The third-order valence-corrected chi connectivity index (χ3v) is 2.31. The standard InChI is InChI=1S/C10H12N2O2/c1-7-2-3-8(4-11-7)10(14)12-5-9(13)6-12/h2-4,9,13H,5-6H2,1H3. The summed E-state index contributed by atoms with van der Waals surface area (Å²) in [7, 11) is 0. The molecule has 1 aromatic rings. The summed E-state index contributed by atoms with van der Waals surface area (Å²) in [4.78, 5) is 17.3. The van der Waals surface area contributed by atoms with Crippen molar-refractivity contribution >= 4 is 5.91 Å². The van der Waals surface area contributed by atoms with E-state index in [0.717, 1.165) is 5.69 Å². The van der Waals surface area contributed by atoms with Crippen molar-refractivity contribution in [2.45, 2.75) is 13.0 Å². The van der Waals surface area contributed by atoms with E-state index in [1.165, 1.54) is 0 Å². The number of likely N-dealkylation sites (tertiary alicyclic amines) is 1. The minimum atomic E-state index is -0.350. The molecule has 1 fully saturated rings. The summed E-state index contributed by atoms with van der Waals surface area (Å²) in [5.74, 6) is -0.0530. The number of β-amino-alcohol motifs (C(OH)–C–C–N with tert-alkyl or cyclic N) is 1. The summed E-state index contributed by atoms with van der Waals surface area (Å²) >= 11 is 0. The Morgan fingerprint density at radius 2 is 2.29 bits per heavy atom. The number of aliphatic hydroxyl groups excluding tert-OH is 1. The molecule has 1 aromatic heterocycles. The minimum absolute atomic E-state index is 0.0530. The number of carbonyl (C=O) groups is 1. The van der Waals surface area contributed by atoms with Crippen LogP contribution in [-0.2, 0) is 0 Å². The van der Waals surface area contributed by atoms with Crippen LogP contribution >= 0.6 is 0 Å². The summed E-state index contributed by atoms with van der Waals surface area (Å²) in [6.07, 6.45) is 1.22. The first-order valence-electron chi connectivity index (χ1n) is 4.57. The highest BCUT2D eigenvalue weighted by atomic mass is 16.3. The second-order valence-electron chi connectivity index (χ2n) is 3.55. The maximum Gasteiger partial charge on any atom is 0.255 e. The second kappa shape index (κ2) is 3.38. The van der Waals surface area contributed by atoms with Crippen LogP contribution in [0.15, 0.2) is 18.3 Å². The molecule has 0 unspecified atom stereocenters. The van der Waals surface area contributed by atoms with Crippen LogP contribution in [0.5, 0.6) is 0 Å². The minimum Gasteiger partial charge on any atom is -0.389 e. The highest BCUT2D eigenvalue weighted by molar-refractivity contribution is 5.94. The summed E-state index contributed by atoms with van der Waals surface area (Å²) in [6, 6.07) is 3.57. The molecular weight excluding hydrogens is 180 g/mol. The molecule has 1 saturated heterocycles. The quantitative estimate of drug-likeness (QED) is 0.692. The molecular formula is C10H12N2O2. The third-order valence-electron chi connectivity index (χ3n) is 2.31. The van der Waals surface area contributed by atoms with Crippen LogP contribution in [0.3, 0.4) is 0 Å². The van der Waals surface area contributed by atoms with E-state index < -0.39 is 0 Å². The lowest BCUT2D eigenvalue weighted by Gasteiger charge is -2.35. The normalized spacial score (nSPS) is 16.6. The van der Waals surface area contributed by atoms with Gasteiger partial charge in [0.15, 0.2) is 0 Å². The zero-order chi connectivity index (χ0) is 10.1. The van der Waals surface area contributed by atoms with E-state index >= 15 is 0 Å². The van der Waals surface area contributed by atoms with Crippen molar-refractivity contribution in [3.63, 3.8) is 0 Å². The molecule has 0 aliphatic carbocycles. The average molecular weight is 192 g/mol. The predicted octanol–water partition coefficient (Wildman–Crippen LogP) is 0.207. The van der Waals surface area contributed by atoms with E-state index in [0.29, 0.717) is 18.7 Å². The topological polar surface area (TPSA) is 53.4 Å². The van der Waals surface area contributed by atoms with Crippen molar-refractivity contribution in [2.75, 3.05) is 13.1 Å². The molecule has 1 N–H and O–H groups in total. The summed E-state index contributed by atoms with van der Waals surface area (Å²) in [6.45, 7) is 2.75. The largest absolute Gasteiger partial charge is 0.389 e. The van der Waals surface area contributed by atoms with Gasteiger partial charge in [-0.25, -0.2) is 0 Å². The molecule has 2 heterocycles. The van der Waals surface area contributed by atoms with Crippen molar-refractivity contribution in [3.05, 3.63) is 29.6 Å². The van der Waals surface area contributed by atoms with Crippen LogP contribution in [0.4, 0.5) is 0 Å². The number of pyridine rings is 1. The molecule has 74 valence electrons. The monoisotopic (exact) mass is 192 g/mol. The molecule has 0 aromatic carbocycles. The second-order valence-corrected chi connectivity index (χ2v) is 3.55. The molecule has 4 nitrogen and oxygen atoms in total. The fraction of sp³-hybridized carbons (Fsp3) is 0.400. The highest BCUT2D eigenvalue weighted by Gasteiger charge is 2.29. The van der Waals surface area contributed by atoms with Crippen molar-refractivity contribution < 1.29 is 9.90 Å². The van der Waals surface area contributed by atoms with Gasteiger partial charge in [0.25, 0.3) is 5.91 Å². The molecule has 0 bridgehead atoms. The van der Waals surface area contributed by atoms with Crippen LogP contribution in [0.25, 0.3) is 0 Å². The Morgan fingerprint density at radius 1 is 1.57 bits per heavy atom. The van der Waals surface area contributed by atoms with Gasteiger partial charge < -0.3 is 10.0 Å². The molecule has 0 atom stereocenters. The number of nitrogens with zero attached hydrogens (tertiary/aromatic N) is 2. The van der Waals surface area contributed by atoms with Crippen molar-refractivity contribution in [3.8, 4) is 0 Å². The molecule has 1 aliphatic rings. The van der Waals surface area contributed by atoms with Crippen molar-refractivity contribution in [1.29, 1.82) is 0 Å². The molecule has 2 rings (SSSR count). The van der Waals surface area contributed by atoms with Crippen molar-refractivity contribution in [2.24, 2.45) is 0 Å². The number of amides is 1. The number of carbonyl (C=O) groups excluding carboxylic acids is 1. The molecule has 4 heteroatoms. The average Bonchev–Trinajstić information content (AvgIpc) is 2.13. The molecule has 1 aliphatic heterocycles. The van der Waals surface area contributed by atoms with Gasteiger partial charge in [0.05, 0.1) is 11.7 Å². The highest BCUT2D eigenvalue weighted by Crippen LogP contribution is 2.12. The van der Waals surface area contributed by atoms with E-state index in [4.69, 9.17) is 5.11 Å². The van der Waals surface area contributed by atoms with Gasteiger partial charge in [-0.2, -0.15) is 0 Å². The molecule has 0 radical (unpaired) electrons. The Labute approximate surface area is 82.2 Å². The van der Waals surface area contributed by atoms with Crippen molar-refractivity contribution in [1.82, 2.24) is 9.88 Å². The summed E-state index contributed by atoms with van der Waals surface area (Å²) in [5.41, 5.74) is 1.48. The molecule has 0 spiro atoms. The van der Waals surface area contributed by atoms with Gasteiger partial charge in [0.2, 0.25) is 0 Å². The van der Waals surface area contributed by atoms with E-state index in [1.54, 1.807) is 17.2 Å². The lowest BCUT2D eigenvalue weighted by Crippen LogP contribution is -2.53. The number of rotatable bonds is 1. The first-order valence-corrected chi connectivity index (χ1v) is 4.57. The van der Waals surface area contributed by atoms with Crippen LogP contribution < -0.4 is 0 Å². The molecule has 14 heavy (non-hydrogen) atoms. The maximum atomic E-state index is 11.7. The number of aromatic nitrogens is 1. The first kappa shape index (κ1) is 9.15. The third kappa shape index (κ3) is 1.61. The van der Waals surface area contributed by atoms with Gasteiger partial charge in [0.1, 0.15) is 0 Å². The predicted molar refractivity (Wildman–Crippen MR) is 50.9 cm³/mol. The van der Waals surface area contributed by atoms with E-state index in [2.05, 4.69) is 4.98 Å². The Balaban J connectivity index is 2.08. The smallest absolute Gasteiger partial charge is 0.255 e. The number of hydrogen-bond acceptors (Lipinski definition) is 3. The van der Waals surface area contributed by atoms with Crippen LogP contribution in [-0.4, -0.2) is 40.1 Å². The fourth-order valence-electron chi connectivity index (χ4n) is 1.40. The number of aliphatic hydroxyl groups is 1. The summed E-state index contributed by atoms with van der Waals surface area (Å²) < 4.78 is 0.